The summed E-state index contributed by atoms with van der Waals surface area (Å²) in [5.41, 5.74) is 2.62. The summed E-state index contributed by atoms with van der Waals surface area (Å²) in [5, 5.41) is 6.99. The molecule has 2 N–H and O–H groups in total. The predicted molar refractivity (Wildman–Crippen MR) is 130 cm³/mol. The Balaban J connectivity index is 0.00000392. The van der Waals surface area contributed by atoms with Crippen LogP contribution in [0.4, 0.5) is 5.69 Å². The first-order valence-electron chi connectivity index (χ1n) is 10.2. The van der Waals surface area contributed by atoms with E-state index in [2.05, 4.69) is 65.6 Å². The molecule has 1 saturated heterocycles. The van der Waals surface area contributed by atoms with E-state index in [1.165, 1.54) is 11.3 Å². The molecule has 6 nitrogen and oxygen atoms in total. The number of hydrogen-bond donors (Lipinski definition) is 2. The maximum Gasteiger partial charge on any atom is 0.191 e. The smallest absolute Gasteiger partial charge is 0.191 e. The number of hydrogen-bond acceptors (Lipinski definition) is 4. The van der Waals surface area contributed by atoms with Gasteiger partial charge in [-0.2, -0.15) is 0 Å². The fourth-order valence-corrected chi connectivity index (χ4v) is 3.27. The zero-order valence-corrected chi connectivity index (χ0v) is 20.2. The molecule has 1 fully saturated rings. The highest BCUT2D eigenvalue weighted by Crippen LogP contribution is 2.20. The fourth-order valence-electron chi connectivity index (χ4n) is 3.27. The molecule has 1 unspecified atom stereocenters. The van der Waals surface area contributed by atoms with Crippen molar-refractivity contribution < 1.29 is 4.74 Å². The molecule has 1 aliphatic heterocycles. The van der Waals surface area contributed by atoms with Crippen LogP contribution in [0, 0.1) is 6.92 Å². The van der Waals surface area contributed by atoms with Crippen LogP contribution in [0.2, 0.25) is 0 Å². The van der Waals surface area contributed by atoms with Crippen molar-refractivity contribution in [2.75, 3.05) is 64.9 Å². The lowest BCUT2D eigenvalue weighted by Crippen LogP contribution is -2.44. The van der Waals surface area contributed by atoms with Crippen LogP contribution in [0.1, 0.15) is 25.3 Å². The Hall–Kier alpha value is -1.06. The monoisotopic (exact) mass is 503 g/mol. The van der Waals surface area contributed by atoms with Crippen LogP contribution >= 0.6 is 24.0 Å². The van der Waals surface area contributed by atoms with Gasteiger partial charge in [0.15, 0.2) is 5.96 Å². The number of benzene rings is 1. The molecule has 1 heterocycles. The molecule has 28 heavy (non-hydrogen) atoms. The molecule has 0 amide bonds. The van der Waals surface area contributed by atoms with Crippen LogP contribution in [-0.4, -0.2) is 76.9 Å². The fraction of sp³-hybridized carbons (Fsp3) is 0.667. The Morgan fingerprint density at radius 2 is 2.04 bits per heavy atom. The maximum atomic E-state index is 5.12. The van der Waals surface area contributed by atoms with Crippen molar-refractivity contribution in [3.63, 3.8) is 0 Å². The Labute approximate surface area is 188 Å². The van der Waals surface area contributed by atoms with Gasteiger partial charge in [0.05, 0.1) is 6.61 Å². The zero-order valence-electron chi connectivity index (χ0n) is 17.9. The minimum atomic E-state index is 0. The maximum absolute atomic E-state index is 5.12. The first-order valence-corrected chi connectivity index (χ1v) is 10.2. The van der Waals surface area contributed by atoms with Crippen LogP contribution < -0.4 is 15.5 Å². The predicted octanol–water partition coefficient (Wildman–Crippen LogP) is 2.72. The van der Waals surface area contributed by atoms with Crippen molar-refractivity contribution >= 4 is 35.6 Å². The van der Waals surface area contributed by atoms with E-state index >= 15 is 0 Å². The lowest BCUT2D eigenvalue weighted by atomic mass is 10.2. The molecule has 1 atom stereocenters. The number of methoxy groups -OCH3 is 1. The first-order chi connectivity index (χ1) is 13.1. The minimum Gasteiger partial charge on any atom is -0.383 e. The molecule has 0 bridgehead atoms. The topological polar surface area (TPSA) is 52.1 Å². The number of anilines is 1. The number of aryl methyl sites for hydroxylation is 1. The number of likely N-dealkylation sites (N-methyl/N-ethyl adjacent to an activating group) is 1. The van der Waals surface area contributed by atoms with Crippen LogP contribution in [0.3, 0.4) is 0 Å². The van der Waals surface area contributed by atoms with Crippen molar-refractivity contribution in [2.24, 2.45) is 4.99 Å². The van der Waals surface area contributed by atoms with Crippen molar-refractivity contribution in [1.29, 1.82) is 0 Å². The molecule has 0 saturated carbocycles. The summed E-state index contributed by atoms with van der Waals surface area (Å²) in [5.74, 6) is 0.938. The average molecular weight is 503 g/mol. The molecule has 7 heteroatoms. The standard InChI is InChI=1S/C21H37N5O.HI/c1-5-22-21(23-12-6-13-25(3)15-16-27-4)24-19-11-14-26(17-19)20-9-7-18(2)8-10-20;/h7-10,19H,5-6,11-17H2,1-4H3,(H2,22,23,24);1H. The quantitative estimate of drug-likeness (QED) is 0.223. The Bertz CT molecular complexity index is 566. The van der Waals surface area contributed by atoms with E-state index in [1.807, 2.05) is 0 Å². The van der Waals surface area contributed by atoms with Gasteiger partial charge in [-0.05, 0) is 52.4 Å². The third-order valence-electron chi connectivity index (χ3n) is 4.92. The number of rotatable bonds is 10. The van der Waals surface area contributed by atoms with E-state index in [4.69, 9.17) is 9.73 Å². The van der Waals surface area contributed by atoms with Crippen LogP contribution in [0.15, 0.2) is 29.3 Å². The summed E-state index contributed by atoms with van der Waals surface area (Å²) in [6.07, 6.45) is 2.19. The molecular formula is C21H38IN5O. The summed E-state index contributed by atoms with van der Waals surface area (Å²) < 4.78 is 5.12. The van der Waals surface area contributed by atoms with E-state index in [0.717, 1.165) is 64.7 Å². The third-order valence-corrected chi connectivity index (χ3v) is 4.92. The zero-order chi connectivity index (χ0) is 19.5. The summed E-state index contributed by atoms with van der Waals surface area (Å²) >= 11 is 0. The highest BCUT2D eigenvalue weighted by molar-refractivity contribution is 14.0. The number of guanidine groups is 1. The Morgan fingerprint density at radius 1 is 1.29 bits per heavy atom. The summed E-state index contributed by atoms with van der Waals surface area (Å²) in [6, 6.07) is 9.25. The van der Waals surface area contributed by atoms with Gasteiger partial charge in [-0.1, -0.05) is 17.7 Å². The first kappa shape index (κ1) is 25.0. The van der Waals surface area contributed by atoms with E-state index < -0.39 is 0 Å². The largest absolute Gasteiger partial charge is 0.383 e. The lowest BCUT2D eigenvalue weighted by molar-refractivity contribution is 0.161. The van der Waals surface area contributed by atoms with E-state index in [1.54, 1.807) is 7.11 Å². The second-order valence-electron chi connectivity index (χ2n) is 7.32. The van der Waals surface area contributed by atoms with E-state index in [9.17, 15) is 0 Å². The van der Waals surface area contributed by atoms with Crippen LogP contribution in [0.25, 0.3) is 0 Å². The van der Waals surface area contributed by atoms with Crippen molar-refractivity contribution in [2.45, 2.75) is 32.7 Å². The lowest BCUT2D eigenvalue weighted by Gasteiger charge is -2.20. The molecule has 0 aliphatic carbocycles. The molecule has 160 valence electrons. The number of ether oxygens (including phenoxy) is 1. The number of nitrogens with one attached hydrogen (secondary N) is 2. The van der Waals surface area contributed by atoms with E-state index in [-0.39, 0.29) is 24.0 Å². The molecule has 0 spiro atoms. The van der Waals surface area contributed by atoms with E-state index in [0.29, 0.717) is 6.04 Å². The van der Waals surface area contributed by atoms with Crippen LogP contribution in [0.5, 0.6) is 0 Å². The molecule has 0 aromatic heterocycles. The van der Waals surface area contributed by atoms with Crippen LogP contribution in [-0.2, 0) is 4.74 Å². The second-order valence-corrected chi connectivity index (χ2v) is 7.32. The van der Waals surface area contributed by atoms with Gasteiger partial charge in [0.25, 0.3) is 0 Å². The van der Waals surface area contributed by atoms with Gasteiger partial charge >= 0.3 is 0 Å². The number of nitrogens with zero attached hydrogens (tertiary/aromatic N) is 3. The Kier molecular flexibility index (Phi) is 12.5. The SMILES string of the molecule is CCNC(=NCCCN(C)CCOC)NC1CCN(c2ccc(C)cc2)C1.I. The summed E-state index contributed by atoms with van der Waals surface area (Å²) in [4.78, 5) is 9.49. The van der Waals surface area contributed by atoms with Crippen molar-refractivity contribution in [3.8, 4) is 0 Å². The highest BCUT2D eigenvalue weighted by atomic mass is 127. The molecule has 0 radical (unpaired) electrons. The second kappa shape index (κ2) is 14.0. The van der Waals surface area contributed by atoms with Gasteiger partial charge in [0.2, 0.25) is 0 Å². The molecular weight excluding hydrogens is 465 g/mol. The highest BCUT2D eigenvalue weighted by Gasteiger charge is 2.23. The third kappa shape index (κ3) is 8.96. The van der Waals surface area contributed by atoms with Crippen molar-refractivity contribution in [1.82, 2.24) is 15.5 Å². The van der Waals surface area contributed by atoms with Gasteiger partial charge in [0.1, 0.15) is 0 Å². The van der Waals surface area contributed by atoms with Crippen molar-refractivity contribution in [3.05, 3.63) is 29.8 Å². The minimum absolute atomic E-state index is 0. The summed E-state index contributed by atoms with van der Waals surface area (Å²) in [7, 11) is 3.87. The molecule has 2 rings (SSSR count). The summed E-state index contributed by atoms with van der Waals surface area (Å²) in [6.45, 7) is 10.9. The van der Waals surface area contributed by atoms with Gasteiger partial charge in [-0.15, -0.1) is 24.0 Å². The molecule has 1 aromatic carbocycles. The van der Waals surface area contributed by atoms with Gasteiger partial charge in [-0.3, -0.25) is 4.99 Å². The average Bonchev–Trinajstić information content (AvgIpc) is 3.12. The normalized spacial score (nSPS) is 17.0. The van der Waals surface area contributed by atoms with Gasteiger partial charge < -0.3 is 25.2 Å². The number of aliphatic imine (C=N–C) groups is 1. The Morgan fingerprint density at radius 3 is 2.71 bits per heavy atom. The molecule has 1 aromatic rings. The molecule has 1 aliphatic rings. The van der Waals surface area contributed by atoms with Gasteiger partial charge in [-0.25, -0.2) is 0 Å². The number of halogens is 1. The van der Waals surface area contributed by atoms with Gasteiger partial charge in [0, 0.05) is 51.6 Å².